The van der Waals surface area contributed by atoms with Crippen molar-refractivity contribution in [3.05, 3.63) is 99.8 Å². The molecule has 1 unspecified atom stereocenters. The molecule has 210 valence electrons. The maximum absolute atomic E-state index is 11.6. The number of hydrogen-bond donors (Lipinski definition) is 2. The molecule has 1 fully saturated rings. The first-order chi connectivity index (χ1) is 19.2. The molecule has 1 atom stereocenters. The molecule has 2 aliphatic rings. The highest BCUT2D eigenvalue weighted by molar-refractivity contribution is 6.30. The number of ether oxygens (including phenoxy) is 1. The minimum absolute atomic E-state index is 0.00922. The van der Waals surface area contributed by atoms with Gasteiger partial charge in [0.05, 0.1) is 17.8 Å². The van der Waals surface area contributed by atoms with E-state index in [2.05, 4.69) is 26.9 Å². The first-order valence-corrected chi connectivity index (χ1v) is 14.1. The van der Waals surface area contributed by atoms with Crippen molar-refractivity contribution in [2.75, 3.05) is 26.2 Å². The van der Waals surface area contributed by atoms with Crippen LogP contribution in [0.3, 0.4) is 0 Å². The van der Waals surface area contributed by atoms with E-state index in [-0.39, 0.29) is 12.6 Å². The maximum Gasteiger partial charge on any atom is 0.317 e. The summed E-state index contributed by atoms with van der Waals surface area (Å²) in [5.41, 5.74) is 4.87. The SMILES string of the molecule is CC(C)(O)c1ccc2c(c1)C(=CCCN1CCC(N(CC(=O)O)Cc3ccc(Cl)cc3)C1)c1cccnc1CO2. The number of carboxylic acids is 1. The second-order valence-corrected chi connectivity index (χ2v) is 11.6. The number of rotatable bonds is 9. The van der Waals surface area contributed by atoms with E-state index in [1.807, 2.05) is 48.5 Å². The number of carbonyl (C=O) groups is 1. The number of hydrogen-bond acceptors (Lipinski definition) is 6. The van der Waals surface area contributed by atoms with Gasteiger partial charge in [0.15, 0.2) is 0 Å². The summed E-state index contributed by atoms with van der Waals surface area (Å²) in [5.74, 6) is -0.0332. The van der Waals surface area contributed by atoms with Gasteiger partial charge in [0.2, 0.25) is 0 Å². The molecule has 0 bridgehead atoms. The molecule has 1 aromatic heterocycles. The van der Waals surface area contributed by atoms with Crippen LogP contribution in [-0.2, 0) is 23.5 Å². The highest BCUT2D eigenvalue weighted by Crippen LogP contribution is 2.38. The van der Waals surface area contributed by atoms with Gasteiger partial charge in [-0.2, -0.15) is 0 Å². The molecule has 0 amide bonds. The Bertz CT molecular complexity index is 1380. The van der Waals surface area contributed by atoms with Gasteiger partial charge in [-0.25, -0.2) is 0 Å². The molecular weight excluding hydrogens is 526 g/mol. The molecule has 3 aromatic rings. The molecule has 0 saturated carbocycles. The van der Waals surface area contributed by atoms with E-state index in [0.717, 1.165) is 71.7 Å². The fourth-order valence-corrected chi connectivity index (χ4v) is 5.70. The largest absolute Gasteiger partial charge is 0.487 e. The predicted molar refractivity (Wildman–Crippen MR) is 156 cm³/mol. The molecular formula is C32H36ClN3O4. The number of carboxylic acid groups (broad SMARTS) is 1. The van der Waals surface area contributed by atoms with E-state index in [0.29, 0.717) is 18.2 Å². The van der Waals surface area contributed by atoms with E-state index in [9.17, 15) is 15.0 Å². The fourth-order valence-electron chi connectivity index (χ4n) is 5.57. The Labute approximate surface area is 240 Å². The zero-order valence-electron chi connectivity index (χ0n) is 23.0. The van der Waals surface area contributed by atoms with Gasteiger partial charge in [0, 0.05) is 48.0 Å². The number of halogens is 1. The average Bonchev–Trinajstić information content (AvgIpc) is 3.33. The van der Waals surface area contributed by atoms with Crippen LogP contribution in [0.5, 0.6) is 5.75 Å². The number of pyridine rings is 1. The Morgan fingerprint density at radius 3 is 2.75 bits per heavy atom. The topological polar surface area (TPSA) is 86.1 Å². The monoisotopic (exact) mass is 561 g/mol. The molecule has 5 rings (SSSR count). The molecule has 1 saturated heterocycles. The molecule has 3 heterocycles. The summed E-state index contributed by atoms with van der Waals surface area (Å²) < 4.78 is 6.12. The van der Waals surface area contributed by atoms with Gasteiger partial charge in [0.25, 0.3) is 0 Å². The number of benzene rings is 2. The summed E-state index contributed by atoms with van der Waals surface area (Å²) in [6, 6.07) is 17.7. The first kappa shape index (κ1) is 28.3. The van der Waals surface area contributed by atoms with Crippen molar-refractivity contribution in [1.82, 2.24) is 14.8 Å². The van der Waals surface area contributed by atoms with E-state index < -0.39 is 11.6 Å². The first-order valence-electron chi connectivity index (χ1n) is 13.7. The lowest BCUT2D eigenvalue weighted by molar-refractivity contribution is -0.139. The van der Waals surface area contributed by atoms with Crippen LogP contribution in [0.15, 0.2) is 66.9 Å². The number of aliphatic hydroxyl groups is 1. The van der Waals surface area contributed by atoms with Gasteiger partial charge >= 0.3 is 5.97 Å². The third-order valence-electron chi connectivity index (χ3n) is 7.72. The van der Waals surface area contributed by atoms with E-state index >= 15 is 0 Å². The van der Waals surface area contributed by atoms with Gasteiger partial charge in [-0.15, -0.1) is 0 Å². The molecule has 0 spiro atoms. The summed E-state index contributed by atoms with van der Waals surface area (Å²) in [4.78, 5) is 20.7. The second-order valence-electron chi connectivity index (χ2n) is 11.1. The zero-order chi connectivity index (χ0) is 28.3. The van der Waals surface area contributed by atoms with Crippen LogP contribution in [0.1, 0.15) is 54.6 Å². The third kappa shape index (κ3) is 6.73. The molecule has 2 aromatic carbocycles. The smallest absolute Gasteiger partial charge is 0.317 e. The number of nitrogens with zero attached hydrogens (tertiary/aromatic N) is 3. The average molecular weight is 562 g/mol. The lowest BCUT2D eigenvalue weighted by atomic mass is 9.90. The van der Waals surface area contributed by atoms with Crippen LogP contribution < -0.4 is 4.74 Å². The van der Waals surface area contributed by atoms with Crippen LogP contribution in [0.4, 0.5) is 0 Å². The molecule has 0 radical (unpaired) electrons. The Hall–Kier alpha value is -3.23. The summed E-state index contributed by atoms with van der Waals surface area (Å²) in [6.45, 7) is 7.16. The van der Waals surface area contributed by atoms with Gasteiger partial charge in [-0.05, 0) is 80.3 Å². The van der Waals surface area contributed by atoms with Crippen molar-refractivity contribution in [2.24, 2.45) is 0 Å². The van der Waals surface area contributed by atoms with Crippen molar-refractivity contribution in [3.8, 4) is 5.75 Å². The molecule has 2 aliphatic heterocycles. The lowest BCUT2D eigenvalue weighted by Gasteiger charge is -2.27. The van der Waals surface area contributed by atoms with Crippen LogP contribution in [0.25, 0.3) is 5.57 Å². The Balaban J connectivity index is 1.32. The van der Waals surface area contributed by atoms with Crippen molar-refractivity contribution in [3.63, 3.8) is 0 Å². The van der Waals surface area contributed by atoms with Crippen molar-refractivity contribution < 1.29 is 19.7 Å². The van der Waals surface area contributed by atoms with E-state index in [1.54, 1.807) is 20.0 Å². The van der Waals surface area contributed by atoms with Gasteiger partial charge in [-0.1, -0.05) is 41.9 Å². The highest BCUT2D eigenvalue weighted by atomic mass is 35.5. The zero-order valence-corrected chi connectivity index (χ0v) is 23.8. The van der Waals surface area contributed by atoms with E-state index in [1.165, 1.54) is 0 Å². The highest BCUT2D eigenvalue weighted by Gasteiger charge is 2.29. The van der Waals surface area contributed by atoms with E-state index in [4.69, 9.17) is 16.3 Å². The fraction of sp³-hybridized carbons (Fsp3) is 0.375. The molecule has 0 aliphatic carbocycles. The molecule has 2 N–H and O–H groups in total. The Morgan fingerprint density at radius 1 is 1.20 bits per heavy atom. The Kier molecular flexibility index (Phi) is 8.57. The quantitative estimate of drug-likeness (QED) is 0.365. The molecule has 8 heteroatoms. The van der Waals surface area contributed by atoms with Crippen molar-refractivity contribution in [1.29, 1.82) is 0 Å². The number of aromatic nitrogens is 1. The summed E-state index contributed by atoms with van der Waals surface area (Å²) in [6.07, 6.45) is 5.78. The number of aliphatic carboxylic acids is 1. The lowest BCUT2D eigenvalue weighted by Crippen LogP contribution is -2.40. The second kappa shape index (κ2) is 12.1. The van der Waals surface area contributed by atoms with Crippen LogP contribution >= 0.6 is 11.6 Å². The number of likely N-dealkylation sites (tertiary alicyclic amines) is 1. The summed E-state index contributed by atoms with van der Waals surface area (Å²) >= 11 is 6.04. The van der Waals surface area contributed by atoms with Gasteiger partial charge in [-0.3, -0.25) is 14.7 Å². The third-order valence-corrected chi connectivity index (χ3v) is 7.97. The minimum atomic E-state index is -0.970. The number of fused-ring (bicyclic) bond motifs is 2. The summed E-state index contributed by atoms with van der Waals surface area (Å²) in [7, 11) is 0. The van der Waals surface area contributed by atoms with Gasteiger partial charge in [0.1, 0.15) is 12.4 Å². The van der Waals surface area contributed by atoms with Crippen molar-refractivity contribution in [2.45, 2.75) is 51.5 Å². The van der Waals surface area contributed by atoms with Crippen LogP contribution in [0, 0.1) is 0 Å². The van der Waals surface area contributed by atoms with Crippen LogP contribution in [-0.4, -0.2) is 63.2 Å². The van der Waals surface area contributed by atoms with Crippen molar-refractivity contribution >= 4 is 23.1 Å². The summed E-state index contributed by atoms with van der Waals surface area (Å²) in [5, 5.41) is 20.9. The molecule has 7 nitrogen and oxygen atoms in total. The molecule has 40 heavy (non-hydrogen) atoms. The normalized spacial score (nSPS) is 18.3. The maximum atomic E-state index is 11.6. The van der Waals surface area contributed by atoms with Crippen LogP contribution in [0.2, 0.25) is 5.02 Å². The standard InChI is InChI=1S/C32H36ClN3O4/c1-32(2,39)23-9-12-30-28(17-23)26(27-5-3-14-34-29(27)21-40-30)6-4-15-35-16-13-25(19-35)36(20-31(37)38)18-22-7-10-24(33)11-8-22/h3,5-12,14,17,25,39H,4,13,15-16,18-21H2,1-2H3,(H,37,38). The minimum Gasteiger partial charge on any atom is -0.487 e. The van der Waals surface area contributed by atoms with Gasteiger partial charge < -0.3 is 19.8 Å². The Morgan fingerprint density at radius 2 is 2.00 bits per heavy atom. The predicted octanol–water partition coefficient (Wildman–Crippen LogP) is 5.34.